The van der Waals surface area contributed by atoms with Gasteiger partial charge >= 0.3 is 0 Å². The second kappa shape index (κ2) is 7.08. The van der Waals surface area contributed by atoms with Crippen molar-refractivity contribution in [3.05, 3.63) is 34.1 Å². The molecule has 0 aromatic heterocycles. The van der Waals surface area contributed by atoms with Gasteiger partial charge in [-0.25, -0.2) is 4.39 Å². The molecule has 1 fully saturated rings. The van der Waals surface area contributed by atoms with Crippen LogP contribution in [-0.4, -0.2) is 5.38 Å². The summed E-state index contributed by atoms with van der Waals surface area (Å²) in [6.07, 6.45) is 6.73. The van der Waals surface area contributed by atoms with Gasteiger partial charge in [-0.3, -0.25) is 0 Å². The van der Waals surface area contributed by atoms with E-state index in [1.54, 1.807) is 6.07 Å². The van der Waals surface area contributed by atoms with E-state index in [1.165, 1.54) is 25.3 Å². The van der Waals surface area contributed by atoms with Gasteiger partial charge in [-0.05, 0) is 61.3 Å². The van der Waals surface area contributed by atoms with Crippen LogP contribution in [0.3, 0.4) is 0 Å². The molecule has 1 saturated carbocycles. The zero-order chi connectivity index (χ0) is 13.8. The first-order valence-corrected chi connectivity index (χ1v) is 8.41. The second-order valence-electron chi connectivity index (χ2n) is 5.68. The first-order valence-electron chi connectivity index (χ1n) is 7.18. The maximum atomic E-state index is 13.8. The Morgan fingerprint density at radius 3 is 2.89 bits per heavy atom. The van der Waals surface area contributed by atoms with Crippen LogP contribution in [0.2, 0.25) is 0 Å². The molecule has 0 bridgehead atoms. The third-order valence-corrected chi connectivity index (χ3v) is 5.25. The molecule has 3 atom stereocenters. The fraction of sp³-hybridized carbons (Fsp3) is 0.625. The van der Waals surface area contributed by atoms with Crippen molar-refractivity contribution < 1.29 is 4.39 Å². The number of benzene rings is 1. The average molecular weight is 348 g/mol. The molecular formula is C16H21BrClF. The van der Waals surface area contributed by atoms with Gasteiger partial charge < -0.3 is 0 Å². The molecule has 1 aliphatic carbocycles. The molecule has 1 aromatic carbocycles. The van der Waals surface area contributed by atoms with Gasteiger partial charge in [0.2, 0.25) is 0 Å². The van der Waals surface area contributed by atoms with E-state index in [4.69, 9.17) is 11.6 Å². The molecule has 0 saturated heterocycles. The van der Waals surface area contributed by atoms with Crippen molar-refractivity contribution in [2.75, 3.05) is 0 Å². The molecule has 0 radical (unpaired) electrons. The number of alkyl halides is 1. The molecule has 19 heavy (non-hydrogen) atoms. The smallest absolute Gasteiger partial charge is 0.126 e. The highest BCUT2D eigenvalue weighted by Crippen LogP contribution is 2.37. The number of rotatable bonds is 4. The van der Waals surface area contributed by atoms with Crippen LogP contribution in [0, 0.1) is 17.7 Å². The second-order valence-corrected chi connectivity index (χ2v) is 7.16. The van der Waals surface area contributed by atoms with Crippen LogP contribution in [0.15, 0.2) is 22.7 Å². The van der Waals surface area contributed by atoms with Crippen LogP contribution in [0.25, 0.3) is 0 Å². The Balaban J connectivity index is 2.05. The van der Waals surface area contributed by atoms with Crippen LogP contribution < -0.4 is 0 Å². The summed E-state index contributed by atoms with van der Waals surface area (Å²) in [6, 6.07) is 5.18. The predicted octanol–water partition coefficient (Wildman–Crippen LogP) is 5.95. The molecule has 3 heteroatoms. The third kappa shape index (κ3) is 4.19. The third-order valence-electron chi connectivity index (χ3n) is 4.19. The van der Waals surface area contributed by atoms with Gasteiger partial charge in [0.25, 0.3) is 0 Å². The van der Waals surface area contributed by atoms with E-state index >= 15 is 0 Å². The van der Waals surface area contributed by atoms with E-state index in [0.717, 1.165) is 35.2 Å². The van der Waals surface area contributed by atoms with Gasteiger partial charge in [0, 0.05) is 9.85 Å². The fourth-order valence-electron chi connectivity index (χ4n) is 3.19. The quantitative estimate of drug-likeness (QED) is 0.590. The molecule has 3 unspecified atom stereocenters. The van der Waals surface area contributed by atoms with E-state index in [-0.39, 0.29) is 11.2 Å². The number of halogens is 3. The number of hydrogen-bond acceptors (Lipinski definition) is 0. The van der Waals surface area contributed by atoms with Gasteiger partial charge in [0.05, 0.1) is 0 Å². The summed E-state index contributed by atoms with van der Waals surface area (Å²) in [6.45, 7) is 2.23. The average Bonchev–Trinajstić information content (AvgIpc) is 2.38. The summed E-state index contributed by atoms with van der Waals surface area (Å²) in [5, 5.41) is 0.200. The van der Waals surface area contributed by atoms with Crippen molar-refractivity contribution in [2.24, 2.45) is 11.8 Å². The molecule has 0 nitrogen and oxygen atoms in total. The molecule has 0 spiro atoms. The van der Waals surface area contributed by atoms with Gasteiger partial charge in [-0.1, -0.05) is 35.7 Å². The minimum Gasteiger partial charge on any atom is -0.207 e. The van der Waals surface area contributed by atoms with Crippen LogP contribution in [-0.2, 0) is 6.42 Å². The van der Waals surface area contributed by atoms with Crippen LogP contribution in [0.5, 0.6) is 0 Å². The van der Waals surface area contributed by atoms with E-state index in [0.29, 0.717) is 5.92 Å². The van der Waals surface area contributed by atoms with Crippen molar-refractivity contribution in [2.45, 2.75) is 50.8 Å². The lowest BCUT2D eigenvalue weighted by atomic mass is 9.76. The van der Waals surface area contributed by atoms with Crippen molar-refractivity contribution >= 4 is 27.5 Å². The molecule has 1 aromatic rings. The lowest BCUT2D eigenvalue weighted by molar-refractivity contribution is 0.256. The first kappa shape index (κ1) is 15.3. The van der Waals surface area contributed by atoms with Crippen LogP contribution in [0.4, 0.5) is 4.39 Å². The summed E-state index contributed by atoms with van der Waals surface area (Å²) in [7, 11) is 0. The Labute approximate surface area is 128 Å². The van der Waals surface area contributed by atoms with Crippen molar-refractivity contribution in [3.8, 4) is 0 Å². The van der Waals surface area contributed by atoms with Gasteiger partial charge in [-0.15, -0.1) is 11.6 Å². The van der Waals surface area contributed by atoms with Gasteiger partial charge in [-0.2, -0.15) is 0 Å². The highest BCUT2D eigenvalue weighted by molar-refractivity contribution is 9.10. The SMILES string of the molecule is CCCC1CCC(Cl)C(Cc2cc(Br)ccc2F)C1. The molecule has 106 valence electrons. The molecule has 0 N–H and O–H groups in total. The Hall–Kier alpha value is -0.0800. The number of hydrogen-bond donors (Lipinski definition) is 0. The van der Waals surface area contributed by atoms with Crippen molar-refractivity contribution in [3.63, 3.8) is 0 Å². The molecule has 0 heterocycles. The Kier molecular flexibility index (Phi) is 5.70. The normalized spacial score (nSPS) is 27.5. The maximum Gasteiger partial charge on any atom is 0.126 e. The first-order chi connectivity index (χ1) is 9.10. The monoisotopic (exact) mass is 346 g/mol. The summed E-state index contributed by atoms with van der Waals surface area (Å²) < 4.78 is 14.8. The van der Waals surface area contributed by atoms with Crippen LogP contribution in [0.1, 0.15) is 44.6 Å². The largest absolute Gasteiger partial charge is 0.207 e. The fourth-order valence-corrected chi connectivity index (χ4v) is 3.91. The van der Waals surface area contributed by atoms with E-state index in [2.05, 4.69) is 22.9 Å². The Morgan fingerprint density at radius 2 is 2.16 bits per heavy atom. The molecule has 1 aliphatic rings. The van der Waals surface area contributed by atoms with Gasteiger partial charge in [0.1, 0.15) is 5.82 Å². The van der Waals surface area contributed by atoms with E-state index in [9.17, 15) is 4.39 Å². The molecule has 0 amide bonds. The standard InChI is InChI=1S/C16H21BrClF/c1-2-3-11-4-6-15(18)12(8-11)9-13-10-14(17)5-7-16(13)19/h5,7,10-12,15H,2-4,6,8-9H2,1H3. The zero-order valence-corrected chi connectivity index (χ0v) is 13.7. The molecule has 2 rings (SSSR count). The van der Waals surface area contributed by atoms with E-state index in [1.807, 2.05) is 6.07 Å². The van der Waals surface area contributed by atoms with Crippen LogP contribution >= 0.6 is 27.5 Å². The van der Waals surface area contributed by atoms with Crippen molar-refractivity contribution in [1.82, 2.24) is 0 Å². The lowest BCUT2D eigenvalue weighted by Gasteiger charge is -2.33. The zero-order valence-electron chi connectivity index (χ0n) is 11.3. The summed E-state index contributed by atoms with van der Waals surface area (Å²) in [5.74, 6) is 1.08. The van der Waals surface area contributed by atoms with E-state index < -0.39 is 0 Å². The minimum absolute atomic E-state index is 0.107. The molecule has 0 aliphatic heterocycles. The minimum atomic E-state index is -0.107. The predicted molar refractivity (Wildman–Crippen MR) is 83.2 cm³/mol. The Bertz CT molecular complexity index is 421. The van der Waals surface area contributed by atoms with Crippen molar-refractivity contribution in [1.29, 1.82) is 0 Å². The lowest BCUT2D eigenvalue weighted by Crippen LogP contribution is -2.27. The summed E-state index contributed by atoms with van der Waals surface area (Å²) in [4.78, 5) is 0. The highest BCUT2D eigenvalue weighted by Gasteiger charge is 2.29. The molecular weight excluding hydrogens is 327 g/mol. The topological polar surface area (TPSA) is 0 Å². The summed E-state index contributed by atoms with van der Waals surface area (Å²) in [5.41, 5.74) is 0.794. The Morgan fingerprint density at radius 1 is 1.37 bits per heavy atom. The highest BCUT2D eigenvalue weighted by atomic mass is 79.9. The summed E-state index contributed by atoms with van der Waals surface area (Å²) >= 11 is 9.87. The van der Waals surface area contributed by atoms with Gasteiger partial charge in [0.15, 0.2) is 0 Å². The maximum absolute atomic E-state index is 13.8.